The van der Waals surface area contributed by atoms with Gasteiger partial charge in [0.25, 0.3) is 0 Å². The summed E-state index contributed by atoms with van der Waals surface area (Å²) in [7, 11) is 0. The first-order valence-corrected chi connectivity index (χ1v) is 17.0. The molecule has 0 aromatic heterocycles. The lowest BCUT2D eigenvalue weighted by atomic mass is 9.84. The quantitative estimate of drug-likeness (QED) is 0.134. The minimum absolute atomic E-state index is 0.0507. The number of benzene rings is 4. The molecule has 1 fully saturated rings. The predicted octanol–water partition coefficient (Wildman–Crippen LogP) is 6.97. The normalized spacial score (nSPS) is 19.5. The van der Waals surface area contributed by atoms with E-state index in [4.69, 9.17) is 23.7 Å². The van der Waals surface area contributed by atoms with Gasteiger partial charge < -0.3 is 29.0 Å². The Morgan fingerprint density at radius 1 is 0.686 bits per heavy atom. The Bertz CT molecular complexity index is 1930. The van der Waals surface area contributed by atoms with Gasteiger partial charge in [-0.15, -0.1) is 0 Å². The smallest absolute Gasteiger partial charge is 0.338 e. The number of nitrogens with one attached hydrogen (secondary N) is 1. The maximum atomic E-state index is 14.2. The van der Waals surface area contributed by atoms with E-state index in [0.29, 0.717) is 18.0 Å². The van der Waals surface area contributed by atoms with Crippen molar-refractivity contribution in [2.24, 2.45) is 5.92 Å². The van der Waals surface area contributed by atoms with Gasteiger partial charge >= 0.3 is 11.9 Å². The van der Waals surface area contributed by atoms with E-state index in [0.717, 1.165) is 22.3 Å². The Hall–Kier alpha value is -5.46. The van der Waals surface area contributed by atoms with Gasteiger partial charge in [-0.05, 0) is 49.6 Å². The molecule has 51 heavy (non-hydrogen) atoms. The van der Waals surface area contributed by atoms with Gasteiger partial charge in [-0.25, -0.2) is 9.59 Å². The minimum Gasteiger partial charge on any atom is -0.459 e. The highest BCUT2D eigenvalue weighted by Gasteiger charge is 2.43. The van der Waals surface area contributed by atoms with Gasteiger partial charge in [0, 0.05) is 11.3 Å². The Kier molecular flexibility index (Phi) is 11.4. The van der Waals surface area contributed by atoms with Crippen LogP contribution in [0.4, 0.5) is 0 Å². The van der Waals surface area contributed by atoms with Gasteiger partial charge in [0.1, 0.15) is 25.4 Å². The van der Waals surface area contributed by atoms with Gasteiger partial charge in [0.2, 0.25) is 0 Å². The average molecular weight is 684 g/mol. The standard InChI is InChI=1S/C43H41NO7/c1-30-38(41(45)49-29-37-36(50-43(2,3)51-37)28-47-26-32-18-10-5-11-19-32)35(25-24-31-16-8-4-9-17-31)39(40(44-30)34-22-14-7-15-23-34)42(46)48-27-33-20-12-6-13-21-33/h4-23,35-37,44H,26-29H2,1-3H3/t35-,36-,37-/m1/s1. The van der Waals surface area contributed by atoms with Gasteiger partial charge in [0.15, 0.2) is 5.79 Å². The van der Waals surface area contributed by atoms with Crippen molar-refractivity contribution in [1.82, 2.24) is 5.32 Å². The molecule has 0 unspecified atom stereocenters. The zero-order chi connectivity index (χ0) is 35.6. The molecule has 0 aliphatic carbocycles. The second-order valence-electron chi connectivity index (χ2n) is 12.8. The lowest BCUT2D eigenvalue weighted by molar-refractivity contribution is -0.159. The van der Waals surface area contributed by atoms with E-state index in [9.17, 15) is 9.59 Å². The van der Waals surface area contributed by atoms with E-state index in [-0.39, 0.29) is 31.0 Å². The second-order valence-corrected chi connectivity index (χ2v) is 12.8. The van der Waals surface area contributed by atoms with Gasteiger partial charge in [-0.1, -0.05) is 121 Å². The van der Waals surface area contributed by atoms with Crippen molar-refractivity contribution in [3.8, 4) is 11.8 Å². The third kappa shape index (κ3) is 9.21. The SMILES string of the molecule is CC1=C(C(=O)OC[C@H]2OC(C)(C)O[C@@H]2COCc2ccccc2)[C@@H](C#Cc2ccccc2)C(C(=O)OCc2ccccc2)=C(c2ccccc2)N1. The van der Waals surface area contributed by atoms with E-state index in [1.807, 2.05) is 135 Å². The summed E-state index contributed by atoms with van der Waals surface area (Å²) in [6.07, 6.45) is -1.06. The highest BCUT2D eigenvalue weighted by atomic mass is 16.8. The number of hydrogen-bond acceptors (Lipinski definition) is 8. The van der Waals surface area contributed by atoms with Crippen LogP contribution in [0, 0.1) is 17.8 Å². The average Bonchev–Trinajstić information content (AvgIpc) is 3.45. The zero-order valence-electron chi connectivity index (χ0n) is 29.0. The molecule has 260 valence electrons. The molecule has 0 saturated carbocycles. The van der Waals surface area contributed by atoms with Crippen molar-refractivity contribution in [1.29, 1.82) is 0 Å². The van der Waals surface area contributed by atoms with E-state index >= 15 is 0 Å². The van der Waals surface area contributed by atoms with Crippen LogP contribution in [-0.2, 0) is 46.5 Å². The molecule has 4 aromatic carbocycles. The van der Waals surface area contributed by atoms with Crippen LogP contribution in [0.1, 0.15) is 43.0 Å². The molecule has 1 N–H and O–H groups in total. The number of ether oxygens (including phenoxy) is 5. The highest BCUT2D eigenvalue weighted by molar-refractivity contribution is 6.04. The highest BCUT2D eigenvalue weighted by Crippen LogP contribution is 2.36. The molecular formula is C43H41NO7. The molecule has 0 radical (unpaired) electrons. The van der Waals surface area contributed by atoms with Crippen LogP contribution in [-0.4, -0.2) is 43.1 Å². The van der Waals surface area contributed by atoms with Crippen LogP contribution in [0.15, 0.2) is 138 Å². The molecule has 0 bridgehead atoms. The molecule has 0 spiro atoms. The van der Waals surface area contributed by atoms with E-state index in [1.165, 1.54) is 0 Å². The fourth-order valence-electron chi connectivity index (χ4n) is 6.07. The summed E-state index contributed by atoms with van der Waals surface area (Å²) in [5.41, 5.74) is 4.80. The van der Waals surface area contributed by atoms with Crippen molar-refractivity contribution in [2.75, 3.05) is 13.2 Å². The fraction of sp³-hybridized carbons (Fsp3) is 0.256. The maximum Gasteiger partial charge on any atom is 0.338 e. The molecule has 2 aliphatic heterocycles. The maximum absolute atomic E-state index is 14.2. The first kappa shape index (κ1) is 35.4. The summed E-state index contributed by atoms with van der Waals surface area (Å²) < 4.78 is 30.1. The zero-order valence-corrected chi connectivity index (χ0v) is 29.0. The number of allylic oxidation sites excluding steroid dienone is 1. The Labute approximate surface area is 299 Å². The summed E-state index contributed by atoms with van der Waals surface area (Å²) in [4.78, 5) is 28.3. The summed E-state index contributed by atoms with van der Waals surface area (Å²) in [5.74, 6) is 3.32. The van der Waals surface area contributed by atoms with Crippen LogP contribution in [0.2, 0.25) is 0 Å². The third-order valence-corrected chi connectivity index (χ3v) is 8.47. The predicted molar refractivity (Wildman–Crippen MR) is 193 cm³/mol. The van der Waals surface area contributed by atoms with Crippen molar-refractivity contribution in [2.45, 2.75) is 52.0 Å². The molecule has 4 aromatic rings. The molecule has 3 atom stereocenters. The van der Waals surface area contributed by atoms with Crippen LogP contribution in [0.5, 0.6) is 0 Å². The molecule has 6 rings (SSSR count). The number of esters is 2. The third-order valence-electron chi connectivity index (χ3n) is 8.47. The topological polar surface area (TPSA) is 92.3 Å². The Balaban J connectivity index is 1.28. The summed E-state index contributed by atoms with van der Waals surface area (Å²) in [6, 6.07) is 38.1. The molecule has 8 nitrogen and oxygen atoms in total. The minimum atomic E-state index is -0.973. The monoisotopic (exact) mass is 683 g/mol. The number of rotatable bonds is 11. The molecule has 0 amide bonds. The number of carbonyl (C=O) groups excluding carboxylic acids is 2. The molecule has 2 aliphatic rings. The summed E-state index contributed by atoms with van der Waals surface area (Å²) in [6.45, 7) is 6.02. The number of dihydropyridines is 1. The van der Waals surface area contributed by atoms with E-state index in [1.54, 1.807) is 6.92 Å². The lowest BCUT2D eigenvalue weighted by Crippen LogP contribution is -2.36. The van der Waals surface area contributed by atoms with Crippen LogP contribution in [0.3, 0.4) is 0 Å². The van der Waals surface area contributed by atoms with Gasteiger partial charge in [-0.3, -0.25) is 0 Å². The van der Waals surface area contributed by atoms with E-state index in [2.05, 4.69) is 17.2 Å². The molecule has 2 heterocycles. The number of hydrogen-bond donors (Lipinski definition) is 1. The van der Waals surface area contributed by atoms with Crippen molar-refractivity contribution < 1.29 is 33.3 Å². The fourth-order valence-corrected chi connectivity index (χ4v) is 6.07. The summed E-state index contributed by atoms with van der Waals surface area (Å²) >= 11 is 0. The molecular weight excluding hydrogens is 642 g/mol. The van der Waals surface area contributed by atoms with Crippen LogP contribution >= 0.6 is 0 Å². The first-order chi connectivity index (χ1) is 24.8. The number of carbonyl (C=O) groups is 2. The van der Waals surface area contributed by atoms with Gasteiger partial charge in [0.05, 0.1) is 36.0 Å². The Morgan fingerprint density at radius 2 is 1.22 bits per heavy atom. The molecule has 8 heteroatoms. The van der Waals surface area contributed by atoms with Crippen molar-refractivity contribution in [3.05, 3.63) is 160 Å². The van der Waals surface area contributed by atoms with Crippen LogP contribution < -0.4 is 5.32 Å². The van der Waals surface area contributed by atoms with Crippen molar-refractivity contribution >= 4 is 17.6 Å². The molecule has 1 saturated heterocycles. The van der Waals surface area contributed by atoms with Crippen LogP contribution in [0.25, 0.3) is 5.70 Å². The van der Waals surface area contributed by atoms with Gasteiger partial charge in [-0.2, -0.15) is 0 Å². The first-order valence-electron chi connectivity index (χ1n) is 17.0. The second kappa shape index (κ2) is 16.5. The van der Waals surface area contributed by atoms with Crippen molar-refractivity contribution in [3.63, 3.8) is 0 Å². The lowest BCUT2D eigenvalue weighted by Gasteiger charge is -2.29. The van der Waals surface area contributed by atoms with E-state index < -0.39 is 35.9 Å². The Morgan fingerprint density at radius 3 is 1.84 bits per heavy atom. The largest absolute Gasteiger partial charge is 0.459 e. The summed E-state index contributed by atoms with van der Waals surface area (Å²) in [5, 5.41) is 3.33.